The van der Waals surface area contributed by atoms with E-state index in [1.807, 2.05) is 0 Å². The monoisotopic (exact) mass is 226 g/mol. The molecule has 1 aliphatic carbocycles. The highest BCUT2D eigenvalue weighted by Crippen LogP contribution is 2.37. The van der Waals surface area contributed by atoms with Gasteiger partial charge in [-0.2, -0.15) is 0 Å². The van der Waals surface area contributed by atoms with Crippen molar-refractivity contribution < 1.29 is 4.74 Å². The Morgan fingerprint density at radius 1 is 1.42 bits per heavy atom. The Bertz CT molecular complexity index is 285. The van der Waals surface area contributed by atoms with Crippen LogP contribution in [0, 0.1) is 0 Å². The van der Waals surface area contributed by atoms with Crippen molar-refractivity contribution in [2.75, 3.05) is 7.11 Å². The van der Waals surface area contributed by atoms with Crippen molar-refractivity contribution in [3.05, 3.63) is 35.4 Å². The number of fused-ring (bicyclic) bond motifs is 1. The third-order valence-electron chi connectivity index (χ3n) is 2.36. The van der Waals surface area contributed by atoms with Crippen LogP contribution >= 0.6 is 15.9 Å². The molecule has 1 aliphatic rings. The molecule has 2 heteroatoms. The van der Waals surface area contributed by atoms with Crippen molar-refractivity contribution in [1.82, 2.24) is 0 Å². The summed E-state index contributed by atoms with van der Waals surface area (Å²) in [6.45, 7) is 0. The lowest BCUT2D eigenvalue weighted by atomic mass is 10.1. The summed E-state index contributed by atoms with van der Waals surface area (Å²) >= 11 is 3.62. The predicted molar refractivity (Wildman–Crippen MR) is 52.6 cm³/mol. The smallest absolute Gasteiger partial charge is 0.0951 e. The molecular weight excluding hydrogens is 216 g/mol. The van der Waals surface area contributed by atoms with Gasteiger partial charge in [0.2, 0.25) is 0 Å². The summed E-state index contributed by atoms with van der Waals surface area (Å²) in [7, 11) is 1.76. The highest BCUT2D eigenvalue weighted by molar-refractivity contribution is 9.09. The maximum atomic E-state index is 5.40. The highest BCUT2D eigenvalue weighted by Gasteiger charge is 2.29. The lowest BCUT2D eigenvalue weighted by Crippen LogP contribution is -2.07. The number of alkyl halides is 1. The van der Waals surface area contributed by atoms with Crippen LogP contribution in [0.3, 0.4) is 0 Å². The number of hydrogen-bond donors (Lipinski definition) is 0. The van der Waals surface area contributed by atoms with Crippen LogP contribution < -0.4 is 0 Å². The molecule has 12 heavy (non-hydrogen) atoms. The fourth-order valence-electron chi connectivity index (χ4n) is 1.78. The standard InChI is InChI=1S/C10H11BrO/c1-12-10-8-5-3-2-4-7(8)6-9(10)11/h2-5,9-10H,6H2,1H3/t9-,10+/m0/s1. The molecule has 0 aliphatic heterocycles. The molecule has 1 nitrogen and oxygen atoms in total. The molecule has 0 spiro atoms. The number of hydrogen-bond acceptors (Lipinski definition) is 1. The minimum Gasteiger partial charge on any atom is -0.376 e. The van der Waals surface area contributed by atoms with Gasteiger partial charge in [-0.15, -0.1) is 0 Å². The molecule has 0 fully saturated rings. The predicted octanol–water partition coefficient (Wildman–Crippen LogP) is 2.69. The van der Waals surface area contributed by atoms with Crippen LogP contribution in [0.15, 0.2) is 24.3 Å². The van der Waals surface area contributed by atoms with Gasteiger partial charge < -0.3 is 4.74 Å². The molecule has 2 atom stereocenters. The molecule has 0 saturated heterocycles. The van der Waals surface area contributed by atoms with Gasteiger partial charge in [0.05, 0.1) is 6.10 Å². The maximum Gasteiger partial charge on any atom is 0.0951 e. The molecule has 0 radical (unpaired) electrons. The summed E-state index contributed by atoms with van der Waals surface area (Å²) in [5.41, 5.74) is 2.74. The van der Waals surface area contributed by atoms with Crippen molar-refractivity contribution in [1.29, 1.82) is 0 Å². The SMILES string of the molecule is CO[C@@H]1c2ccccc2C[C@@H]1Br. The number of methoxy groups -OCH3 is 1. The Hall–Kier alpha value is -0.340. The van der Waals surface area contributed by atoms with E-state index in [4.69, 9.17) is 4.74 Å². The van der Waals surface area contributed by atoms with Crippen LogP contribution in [0.4, 0.5) is 0 Å². The van der Waals surface area contributed by atoms with Gasteiger partial charge in [0.1, 0.15) is 0 Å². The van der Waals surface area contributed by atoms with E-state index in [2.05, 4.69) is 40.2 Å². The molecule has 0 unspecified atom stereocenters. The van der Waals surface area contributed by atoms with Crippen molar-refractivity contribution in [2.24, 2.45) is 0 Å². The van der Waals surface area contributed by atoms with Crippen LogP contribution in [-0.4, -0.2) is 11.9 Å². The summed E-state index contributed by atoms with van der Waals surface area (Å²) in [5.74, 6) is 0. The zero-order valence-corrected chi connectivity index (χ0v) is 8.54. The number of rotatable bonds is 1. The van der Waals surface area contributed by atoms with Gasteiger partial charge in [-0.05, 0) is 17.5 Å². The summed E-state index contributed by atoms with van der Waals surface area (Å²) in [4.78, 5) is 0.444. The van der Waals surface area contributed by atoms with Crippen LogP contribution in [0.2, 0.25) is 0 Å². The molecule has 0 bridgehead atoms. The van der Waals surface area contributed by atoms with Gasteiger partial charge in [-0.1, -0.05) is 40.2 Å². The molecule has 1 aromatic rings. The highest BCUT2D eigenvalue weighted by atomic mass is 79.9. The molecule has 64 valence electrons. The number of benzene rings is 1. The lowest BCUT2D eigenvalue weighted by Gasteiger charge is -2.12. The average Bonchev–Trinajstić information content (AvgIpc) is 2.40. The second-order valence-corrected chi connectivity index (χ2v) is 4.25. The molecular formula is C10H11BrO. The molecule has 0 saturated carbocycles. The first-order valence-corrected chi connectivity index (χ1v) is 4.99. The third-order valence-corrected chi connectivity index (χ3v) is 3.16. The fraction of sp³-hybridized carbons (Fsp3) is 0.400. The minimum atomic E-state index is 0.237. The van der Waals surface area contributed by atoms with E-state index >= 15 is 0 Å². The third kappa shape index (κ3) is 1.19. The van der Waals surface area contributed by atoms with E-state index in [9.17, 15) is 0 Å². The quantitative estimate of drug-likeness (QED) is 0.670. The van der Waals surface area contributed by atoms with Crippen LogP contribution in [0.1, 0.15) is 17.2 Å². The second kappa shape index (κ2) is 3.19. The van der Waals surface area contributed by atoms with Gasteiger partial charge in [-0.25, -0.2) is 0 Å². The zero-order valence-electron chi connectivity index (χ0n) is 6.96. The van der Waals surface area contributed by atoms with Crippen molar-refractivity contribution in [3.63, 3.8) is 0 Å². The molecule has 0 aromatic heterocycles. The van der Waals surface area contributed by atoms with Gasteiger partial charge >= 0.3 is 0 Å². The van der Waals surface area contributed by atoms with E-state index in [0.717, 1.165) is 6.42 Å². The van der Waals surface area contributed by atoms with E-state index in [-0.39, 0.29) is 6.10 Å². The van der Waals surface area contributed by atoms with Gasteiger partial charge in [0.25, 0.3) is 0 Å². The van der Waals surface area contributed by atoms with Crippen LogP contribution in [0.25, 0.3) is 0 Å². The normalized spacial score (nSPS) is 27.2. The number of halogens is 1. The fourth-order valence-corrected chi connectivity index (χ4v) is 2.63. The summed E-state index contributed by atoms with van der Waals surface area (Å²) < 4.78 is 5.40. The van der Waals surface area contributed by atoms with Crippen molar-refractivity contribution in [2.45, 2.75) is 17.4 Å². The van der Waals surface area contributed by atoms with E-state index < -0.39 is 0 Å². The lowest BCUT2D eigenvalue weighted by molar-refractivity contribution is 0.111. The first-order chi connectivity index (χ1) is 5.83. The Balaban J connectivity index is 2.40. The molecule has 0 heterocycles. The first-order valence-electron chi connectivity index (χ1n) is 4.07. The Morgan fingerprint density at radius 3 is 2.92 bits per heavy atom. The van der Waals surface area contributed by atoms with E-state index in [1.165, 1.54) is 11.1 Å². The average molecular weight is 227 g/mol. The van der Waals surface area contributed by atoms with E-state index in [0.29, 0.717) is 4.83 Å². The van der Waals surface area contributed by atoms with E-state index in [1.54, 1.807) is 7.11 Å². The van der Waals surface area contributed by atoms with Crippen LogP contribution in [0.5, 0.6) is 0 Å². The first kappa shape index (κ1) is 8.27. The Labute approximate surface area is 80.9 Å². The van der Waals surface area contributed by atoms with Crippen molar-refractivity contribution >= 4 is 15.9 Å². The zero-order chi connectivity index (χ0) is 8.55. The van der Waals surface area contributed by atoms with Crippen LogP contribution in [-0.2, 0) is 11.2 Å². The molecule has 2 rings (SSSR count). The van der Waals surface area contributed by atoms with Gasteiger partial charge in [0, 0.05) is 11.9 Å². The largest absolute Gasteiger partial charge is 0.376 e. The molecule has 0 amide bonds. The minimum absolute atomic E-state index is 0.237. The molecule has 0 N–H and O–H groups in total. The second-order valence-electron chi connectivity index (χ2n) is 3.08. The van der Waals surface area contributed by atoms with Crippen molar-refractivity contribution in [3.8, 4) is 0 Å². The Morgan fingerprint density at radius 2 is 2.17 bits per heavy atom. The Kier molecular flexibility index (Phi) is 2.20. The summed E-state index contributed by atoms with van der Waals surface area (Å²) in [6.07, 6.45) is 1.32. The van der Waals surface area contributed by atoms with Gasteiger partial charge in [-0.3, -0.25) is 0 Å². The molecule has 1 aromatic carbocycles. The summed E-state index contributed by atoms with van der Waals surface area (Å²) in [6, 6.07) is 8.46. The topological polar surface area (TPSA) is 9.23 Å². The summed E-state index contributed by atoms with van der Waals surface area (Å²) in [5, 5.41) is 0. The van der Waals surface area contributed by atoms with Gasteiger partial charge in [0.15, 0.2) is 0 Å². The number of ether oxygens (including phenoxy) is 1. The maximum absolute atomic E-state index is 5.40.